The molecule has 1 aromatic heterocycles. The van der Waals surface area contributed by atoms with E-state index in [1.54, 1.807) is 17.8 Å². The zero-order valence-electron chi connectivity index (χ0n) is 13.7. The molecule has 0 spiro atoms. The van der Waals surface area contributed by atoms with E-state index in [9.17, 15) is 4.79 Å². The molecule has 6 heteroatoms. The van der Waals surface area contributed by atoms with Crippen LogP contribution in [0, 0.1) is 0 Å². The normalized spacial score (nSPS) is 11.8. The Labute approximate surface area is 154 Å². The van der Waals surface area contributed by atoms with Crippen LogP contribution in [-0.2, 0) is 11.3 Å². The molecular formula is C19H18BrN3O2. The number of ether oxygens (including phenoxy) is 1. The van der Waals surface area contributed by atoms with Crippen LogP contribution >= 0.6 is 15.9 Å². The molecule has 0 unspecified atom stereocenters. The molecule has 128 valence electrons. The molecule has 2 aromatic carbocycles. The number of amides is 1. The van der Waals surface area contributed by atoms with Crippen LogP contribution in [0.25, 0.3) is 5.69 Å². The first kappa shape index (κ1) is 17.2. The minimum Gasteiger partial charge on any atom is -0.481 e. The minimum absolute atomic E-state index is 0.171. The molecule has 0 aliphatic carbocycles. The van der Waals surface area contributed by atoms with Crippen LogP contribution in [-0.4, -0.2) is 21.8 Å². The lowest BCUT2D eigenvalue weighted by molar-refractivity contribution is -0.127. The van der Waals surface area contributed by atoms with Crippen molar-refractivity contribution in [2.45, 2.75) is 19.6 Å². The number of hydrogen-bond donors (Lipinski definition) is 1. The van der Waals surface area contributed by atoms with Gasteiger partial charge in [-0.2, -0.15) is 5.10 Å². The van der Waals surface area contributed by atoms with Gasteiger partial charge in [0.1, 0.15) is 5.75 Å². The van der Waals surface area contributed by atoms with E-state index < -0.39 is 6.10 Å². The molecule has 1 N–H and O–H groups in total. The number of nitrogens with zero attached hydrogens (tertiary/aromatic N) is 2. The monoisotopic (exact) mass is 399 g/mol. The van der Waals surface area contributed by atoms with Crippen LogP contribution in [0.3, 0.4) is 0 Å². The lowest BCUT2D eigenvalue weighted by Gasteiger charge is -2.14. The van der Waals surface area contributed by atoms with Crippen molar-refractivity contribution in [3.8, 4) is 11.4 Å². The number of hydrogen-bond acceptors (Lipinski definition) is 3. The van der Waals surface area contributed by atoms with Crippen LogP contribution in [0.15, 0.2) is 71.5 Å². The third-order valence-corrected chi connectivity index (χ3v) is 4.15. The third-order valence-electron chi connectivity index (χ3n) is 3.62. The number of benzene rings is 2. The molecule has 0 saturated carbocycles. The Morgan fingerprint density at radius 1 is 1.20 bits per heavy atom. The van der Waals surface area contributed by atoms with Gasteiger partial charge in [0.15, 0.2) is 6.10 Å². The van der Waals surface area contributed by atoms with Crippen molar-refractivity contribution in [2.75, 3.05) is 0 Å². The molecule has 0 radical (unpaired) electrons. The zero-order valence-corrected chi connectivity index (χ0v) is 15.3. The van der Waals surface area contributed by atoms with E-state index in [1.165, 1.54) is 0 Å². The second-order valence-corrected chi connectivity index (χ2v) is 6.48. The number of aromatic nitrogens is 2. The predicted molar refractivity (Wildman–Crippen MR) is 99.6 cm³/mol. The van der Waals surface area contributed by atoms with E-state index in [0.29, 0.717) is 12.3 Å². The lowest BCUT2D eigenvalue weighted by Crippen LogP contribution is -2.35. The van der Waals surface area contributed by atoms with Crippen molar-refractivity contribution in [2.24, 2.45) is 0 Å². The van der Waals surface area contributed by atoms with Gasteiger partial charge in [-0.1, -0.05) is 34.1 Å². The van der Waals surface area contributed by atoms with Gasteiger partial charge < -0.3 is 10.1 Å². The van der Waals surface area contributed by atoms with Crippen molar-refractivity contribution in [1.29, 1.82) is 0 Å². The maximum Gasteiger partial charge on any atom is 0.261 e. The maximum absolute atomic E-state index is 12.2. The van der Waals surface area contributed by atoms with E-state index in [4.69, 9.17) is 4.74 Å². The van der Waals surface area contributed by atoms with Gasteiger partial charge in [-0.05, 0) is 43.3 Å². The standard InChI is InChI=1S/C19H18BrN3O2/c1-14(25-18-9-7-16(20)8-10-18)19(24)21-11-15-12-22-23(13-15)17-5-3-2-4-6-17/h2-10,12-14H,11H2,1H3,(H,21,24)/t14-/m1/s1. The Bertz CT molecular complexity index is 831. The Hall–Kier alpha value is -2.60. The molecule has 0 bridgehead atoms. The number of nitrogens with one attached hydrogen (secondary N) is 1. The summed E-state index contributed by atoms with van der Waals surface area (Å²) < 4.78 is 8.39. The molecule has 1 atom stereocenters. The Kier molecular flexibility index (Phi) is 5.50. The molecule has 0 fully saturated rings. The van der Waals surface area contributed by atoms with Crippen molar-refractivity contribution >= 4 is 21.8 Å². The van der Waals surface area contributed by atoms with Gasteiger partial charge in [0.05, 0.1) is 11.9 Å². The van der Waals surface area contributed by atoms with Crippen molar-refractivity contribution in [3.05, 3.63) is 77.0 Å². The highest BCUT2D eigenvalue weighted by Gasteiger charge is 2.14. The average Bonchev–Trinajstić information content (AvgIpc) is 3.11. The molecule has 25 heavy (non-hydrogen) atoms. The van der Waals surface area contributed by atoms with Crippen LogP contribution in [0.4, 0.5) is 0 Å². The first-order valence-electron chi connectivity index (χ1n) is 7.91. The first-order valence-corrected chi connectivity index (χ1v) is 8.70. The van der Waals surface area contributed by atoms with Crippen LogP contribution in [0.2, 0.25) is 0 Å². The summed E-state index contributed by atoms with van der Waals surface area (Å²) in [6, 6.07) is 17.2. The Morgan fingerprint density at radius 3 is 2.64 bits per heavy atom. The number of carbonyl (C=O) groups excluding carboxylic acids is 1. The molecule has 0 aliphatic rings. The van der Waals surface area contributed by atoms with Crippen LogP contribution in [0.1, 0.15) is 12.5 Å². The maximum atomic E-state index is 12.2. The number of halogens is 1. The quantitative estimate of drug-likeness (QED) is 0.686. The summed E-state index contributed by atoms with van der Waals surface area (Å²) >= 11 is 3.37. The zero-order chi connectivity index (χ0) is 17.6. The van der Waals surface area contributed by atoms with Crippen LogP contribution in [0.5, 0.6) is 5.75 Å². The molecular weight excluding hydrogens is 382 g/mol. The fourth-order valence-corrected chi connectivity index (χ4v) is 2.54. The molecule has 3 aromatic rings. The van der Waals surface area contributed by atoms with E-state index in [2.05, 4.69) is 26.3 Å². The molecule has 5 nitrogen and oxygen atoms in total. The summed E-state index contributed by atoms with van der Waals surface area (Å²) in [7, 11) is 0. The highest BCUT2D eigenvalue weighted by atomic mass is 79.9. The first-order chi connectivity index (χ1) is 12.1. The van der Waals surface area contributed by atoms with Gasteiger partial charge in [-0.3, -0.25) is 4.79 Å². The van der Waals surface area contributed by atoms with Gasteiger partial charge in [0, 0.05) is 22.8 Å². The second-order valence-electron chi connectivity index (χ2n) is 5.56. The minimum atomic E-state index is -0.578. The molecule has 0 aliphatic heterocycles. The van der Waals surface area contributed by atoms with E-state index in [0.717, 1.165) is 15.7 Å². The summed E-state index contributed by atoms with van der Waals surface area (Å²) in [6.45, 7) is 2.13. The highest BCUT2D eigenvalue weighted by Crippen LogP contribution is 2.17. The Balaban J connectivity index is 1.53. The number of para-hydroxylation sites is 1. The predicted octanol–water partition coefficient (Wildman–Crippen LogP) is 3.72. The average molecular weight is 400 g/mol. The molecule has 0 saturated heterocycles. The summed E-state index contributed by atoms with van der Waals surface area (Å²) in [5.41, 5.74) is 1.90. The van der Waals surface area contributed by atoms with Gasteiger partial charge in [-0.15, -0.1) is 0 Å². The number of carbonyl (C=O) groups is 1. The molecule has 3 rings (SSSR count). The highest BCUT2D eigenvalue weighted by molar-refractivity contribution is 9.10. The summed E-state index contributed by atoms with van der Waals surface area (Å²) in [5, 5.41) is 7.18. The lowest BCUT2D eigenvalue weighted by atomic mass is 10.3. The van der Waals surface area contributed by atoms with Crippen molar-refractivity contribution in [3.63, 3.8) is 0 Å². The largest absolute Gasteiger partial charge is 0.481 e. The van der Waals surface area contributed by atoms with E-state index >= 15 is 0 Å². The van der Waals surface area contributed by atoms with E-state index in [-0.39, 0.29) is 5.91 Å². The van der Waals surface area contributed by atoms with Crippen molar-refractivity contribution in [1.82, 2.24) is 15.1 Å². The summed E-state index contributed by atoms with van der Waals surface area (Å²) in [5.74, 6) is 0.484. The second kappa shape index (κ2) is 7.98. The van der Waals surface area contributed by atoms with Gasteiger partial charge >= 0.3 is 0 Å². The topological polar surface area (TPSA) is 56.1 Å². The number of rotatable bonds is 6. The third kappa shape index (κ3) is 4.70. The molecule has 1 heterocycles. The van der Waals surface area contributed by atoms with Crippen molar-refractivity contribution < 1.29 is 9.53 Å². The van der Waals surface area contributed by atoms with Gasteiger partial charge in [-0.25, -0.2) is 4.68 Å². The van der Waals surface area contributed by atoms with E-state index in [1.807, 2.05) is 60.8 Å². The molecule has 1 amide bonds. The van der Waals surface area contributed by atoms with Crippen LogP contribution < -0.4 is 10.1 Å². The summed E-state index contributed by atoms with van der Waals surface area (Å²) in [4.78, 5) is 12.2. The Morgan fingerprint density at radius 2 is 1.92 bits per heavy atom. The SMILES string of the molecule is C[C@@H](Oc1ccc(Br)cc1)C(=O)NCc1cnn(-c2ccccc2)c1. The van der Waals surface area contributed by atoms with Gasteiger partial charge in [0.2, 0.25) is 0 Å². The fourth-order valence-electron chi connectivity index (χ4n) is 2.28. The fraction of sp³-hybridized carbons (Fsp3) is 0.158. The smallest absolute Gasteiger partial charge is 0.261 e. The summed E-state index contributed by atoms with van der Waals surface area (Å²) in [6.07, 6.45) is 3.06. The van der Waals surface area contributed by atoms with Gasteiger partial charge in [0.25, 0.3) is 5.91 Å².